The zero-order chi connectivity index (χ0) is 12.0. The highest BCUT2D eigenvalue weighted by molar-refractivity contribution is 5.77. The fourth-order valence-corrected chi connectivity index (χ4v) is 3.18. The molecular weight excluding hydrogens is 208 g/mol. The molecule has 1 fully saturated rings. The Balaban J connectivity index is 2.09. The molecule has 1 N–H and O–H groups in total. The van der Waals surface area contributed by atoms with Crippen LogP contribution in [0, 0.1) is 0 Å². The lowest BCUT2D eigenvalue weighted by molar-refractivity contribution is 0.587. The topological polar surface area (TPSA) is 15.3 Å². The van der Waals surface area contributed by atoms with E-state index in [-0.39, 0.29) is 5.41 Å². The number of nitrogens with one attached hydrogen (secondary N) is 1. The van der Waals surface area contributed by atoms with Crippen molar-refractivity contribution in [2.75, 3.05) is 23.3 Å². The van der Waals surface area contributed by atoms with Crippen molar-refractivity contribution in [1.29, 1.82) is 0 Å². The Morgan fingerprint density at radius 3 is 2.88 bits per heavy atom. The first-order valence-corrected chi connectivity index (χ1v) is 6.71. The molecule has 92 valence electrons. The van der Waals surface area contributed by atoms with Crippen molar-refractivity contribution in [3.8, 4) is 0 Å². The highest BCUT2D eigenvalue weighted by Crippen LogP contribution is 2.41. The van der Waals surface area contributed by atoms with E-state index in [1.165, 1.54) is 36.3 Å². The third-order valence-corrected chi connectivity index (χ3v) is 4.05. The molecule has 2 aliphatic rings. The fraction of sp³-hybridized carbons (Fsp3) is 0.600. The number of anilines is 2. The third-order valence-electron chi connectivity index (χ3n) is 4.05. The average Bonchev–Trinajstić information content (AvgIpc) is 2.75. The Morgan fingerprint density at radius 2 is 2.12 bits per heavy atom. The van der Waals surface area contributed by atoms with Gasteiger partial charge in [0.25, 0.3) is 0 Å². The van der Waals surface area contributed by atoms with Gasteiger partial charge < -0.3 is 10.2 Å². The molecule has 0 spiro atoms. The number of para-hydroxylation sites is 1. The molecule has 1 atom stereocenters. The molecule has 0 saturated carbocycles. The van der Waals surface area contributed by atoms with Gasteiger partial charge in [-0.25, -0.2) is 0 Å². The van der Waals surface area contributed by atoms with Crippen molar-refractivity contribution < 1.29 is 0 Å². The van der Waals surface area contributed by atoms with Crippen molar-refractivity contribution in [1.82, 2.24) is 0 Å². The maximum Gasteiger partial charge on any atom is 0.0616 e. The van der Waals surface area contributed by atoms with Gasteiger partial charge in [0.2, 0.25) is 0 Å². The Hall–Kier alpha value is -1.18. The van der Waals surface area contributed by atoms with Gasteiger partial charge in [0.05, 0.1) is 11.4 Å². The summed E-state index contributed by atoms with van der Waals surface area (Å²) >= 11 is 0. The van der Waals surface area contributed by atoms with E-state index >= 15 is 0 Å². The van der Waals surface area contributed by atoms with Crippen LogP contribution in [0.1, 0.15) is 39.2 Å². The largest absolute Gasteiger partial charge is 0.381 e. The van der Waals surface area contributed by atoms with Gasteiger partial charge in [0, 0.05) is 19.1 Å². The van der Waals surface area contributed by atoms with Crippen molar-refractivity contribution in [3.05, 3.63) is 23.8 Å². The second-order valence-electron chi connectivity index (χ2n) is 6.32. The summed E-state index contributed by atoms with van der Waals surface area (Å²) in [6.07, 6.45) is 2.68. The van der Waals surface area contributed by atoms with Crippen LogP contribution in [0.2, 0.25) is 0 Å². The summed E-state index contributed by atoms with van der Waals surface area (Å²) in [6.45, 7) is 9.22. The van der Waals surface area contributed by atoms with Crippen LogP contribution in [-0.2, 0) is 5.41 Å². The van der Waals surface area contributed by atoms with Crippen LogP contribution in [0.4, 0.5) is 11.4 Å². The predicted octanol–water partition coefficient (Wildman–Crippen LogP) is 3.38. The second-order valence-corrected chi connectivity index (χ2v) is 6.32. The summed E-state index contributed by atoms with van der Waals surface area (Å²) in [4.78, 5) is 2.60. The van der Waals surface area contributed by atoms with E-state index in [4.69, 9.17) is 0 Å². The van der Waals surface area contributed by atoms with Crippen LogP contribution in [0.15, 0.2) is 18.2 Å². The first-order valence-electron chi connectivity index (χ1n) is 6.71. The quantitative estimate of drug-likeness (QED) is 0.735. The van der Waals surface area contributed by atoms with Crippen LogP contribution >= 0.6 is 0 Å². The first-order chi connectivity index (χ1) is 8.07. The molecule has 3 rings (SSSR count). The summed E-state index contributed by atoms with van der Waals surface area (Å²) in [5, 5.41) is 3.67. The van der Waals surface area contributed by atoms with E-state index in [2.05, 4.69) is 49.2 Å². The fourth-order valence-electron chi connectivity index (χ4n) is 3.18. The van der Waals surface area contributed by atoms with Gasteiger partial charge in [0.1, 0.15) is 0 Å². The number of hydrogen-bond donors (Lipinski definition) is 1. The standard InChI is InChI=1S/C15H22N2/c1-15(2,3)12-7-4-8-13-14(12)16-10-11-6-5-9-17(11)13/h4,7-8,11,16H,5-6,9-10H2,1-3H3. The summed E-state index contributed by atoms with van der Waals surface area (Å²) in [5.74, 6) is 0. The van der Waals surface area contributed by atoms with Crippen LogP contribution in [0.25, 0.3) is 0 Å². The zero-order valence-corrected chi connectivity index (χ0v) is 11.1. The number of hydrogen-bond acceptors (Lipinski definition) is 2. The third kappa shape index (κ3) is 1.70. The number of fused-ring (bicyclic) bond motifs is 3. The highest BCUT2D eigenvalue weighted by Gasteiger charge is 2.32. The lowest BCUT2D eigenvalue weighted by Crippen LogP contribution is -2.40. The molecule has 2 nitrogen and oxygen atoms in total. The first kappa shape index (κ1) is 10.9. The normalized spacial score (nSPS) is 23.0. The molecule has 1 saturated heterocycles. The second kappa shape index (κ2) is 3.66. The van der Waals surface area contributed by atoms with E-state index < -0.39 is 0 Å². The molecule has 0 amide bonds. The van der Waals surface area contributed by atoms with E-state index in [0.717, 1.165) is 12.6 Å². The molecule has 1 aromatic carbocycles. The predicted molar refractivity (Wildman–Crippen MR) is 74.0 cm³/mol. The molecule has 2 aliphatic heterocycles. The van der Waals surface area contributed by atoms with E-state index in [1.807, 2.05) is 0 Å². The van der Waals surface area contributed by atoms with E-state index in [0.29, 0.717) is 0 Å². The maximum absolute atomic E-state index is 3.67. The highest BCUT2D eigenvalue weighted by atomic mass is 15.2. The SMILES string of the molecule is CC(C)(C)c1cccc2c1NCC1CCCN21. The zero-order valence-electron chi connectivity index (χ0n) is 11.1. The van der Waals surface area contributed by atoms with Crippen molar-refractivity contribution >= 4 is 11.4 Å². The molecule has 0 aliphatic carbocycles. The van der Waals surface area contributed by atoms with Gasteiger partial charge in [-0.05, 0) is 29.9 Å². The summed E-state index contributed by atoms with van der Waals surface area (Å²) in [6, 6.07) is 7.47. The number of rotatable bonds is 0. The van der Waals surface area contributed by atoms with E-state index in [1.54, 1.807) is 0 Å². The molecule has 1 unspecified atom stereocenters. The van der Waals surface area contributed by atoms with Crippen LogP contribution in [0.5, 0.6) is 0 Å². The van der Waals surface area contributed by atoms with Gasteiger partial charge in [-0.15, -0.1) is 0 Å². The van der Waals surface area contributed by atoms with Crippen molar-refractivity contribution in [2.45, 2.75) is 45.1 Å². The average molecular weight is 230 g/mol. The maximum atomic E-state index is 3.67. The lowest BCUT2D eigenvalue weighted by Gasteiger charge is -2.37. The molecule has 1 aromatic rings. The Labute approximate surface area is 104 Å². The number of benzene rings is 1. The summed E-state index contributed by atoms with van der Waals surface area (Å²) in [7, 11) is 0. The number of nitrogens with zero attached hydrogens (tertiary/aromatic N) is 1. The molecule has 2 heterocycles. The Bertz CT molecular complexity index is 431. The monoisotopic (exact) mass is 230 g/mol. The molecule has 0 aromatic heterocycles. The van der Waals surface area contributed by atoms with Crippen LogP contribution in [-0.4, -0.2) is 19.1 Å². The minimum atomic E-state index is 0.213. The molecule has 0 radical (unpaired) electrons. The van der Waals surface area contributed by atoms with Gasteiger partial charge >= 0.3 is 0 Å². The summed E-state index contributed by atoms with van der Waals surface area (Å²) < 4.78 is 0. The molecule has 17 heavy (non-hydrogen) atoms. The van der Waals surface area contributed by atoms with Gasteiger partial charge in [-0.2, -0.15) is 0 Å². The van der Waals surface area contributed by atoms with Gasteiger partial charge in [-0.1, -0.05) is 32.9 Å². The minimum Gasteiger partial charge on any atom is -0.381 e. The Kier molecular flexibility index (Phi) is 2.35. The molecule has 0 bridgehead atoms. The van der Waals surface area contributed by atoms with Gasteiger partial charge in [-0.3, -0.25) is 0 Å². The minimum absolute atomic E-state index is 0.213. The van der Waals surface area contributed by atoms with Crippen LogP contribution in [0.3, 0.4) is 0 Å². The lowest BCUT2D eigenvalue weighted by atomic mass is 9.84. The van der Waals surface area contributed by atoms with E-state index in [9.17, 15) is 0 Å². The smallest absolute Gasteiger partial charge is 0.0616 e. The van der Waals surface area contributed by atoms with Crippen molar-refractivity contribution in [3.63, 3.8) is 0 Å². The Morgan fingerprint density at radius 1 is 1.29 bits per heavy atom. The van der Waals surface area contributed by atoms with Crippen LogP contribution < -0.4 is 10.2 Å². The molecule has 2 heteroatoms. The van der Waals surface area contributed by atoms with Crippen molar-refractivity contribution in [2.24, 2.45) is 0 Å². The van der Waals surface area contributed by atoms with Gasteiger partial charge in [0.15, 0.2) is 0 Å². The summed E-state index contributed by atoms with van der Waals surface area (Å²) in [5.41, 5.74) is 4.45. The molecular formula is C15H22N2.